The van der Waals surface area contributed by atoms with Gasteiger partial charge in [0.25, 0.3) is 0 Å². The number of nitrogens with zero attached hydrogens (tertiary/aromatic N) is 3. The van der Waals surface area contributed by atoms with Crippen LogP contribution in [0.1, 0.15) is 37.1 Å². The molecule has 2 N–H and O–H groups in total. The van der Waals surface area contributed by atoms with Gasteiger partial charge in [-0.05, 0) is 67.7 Å². The normalized spacial score (nSPS) is 18.1. The number of hydrogen-bond donors (Lipinski definition) is 1. The Bertz CT molecular complexity index is 1050. The van der Waals surface area contributed by atoms with Crippen molar-refractivity contribution < 1.29 is 4.74 Å². The molecule has 8 heteroatoms. The van der Waals surface area contributed by atoms with Gasteiger partial charge in [0.15, 0.2) is 5.82 Å². The van der Waals surface area contributed by atoms with Crippen molar-refractivity contribution in [2.45, 2.75) is 37.8 Å². The average molecular weight is 496 g/mol. The molecule has 0 bridgehead atoms. The Morgan fingerprint density at radius 3 is 2.34 bits per heavy atom. The van der Waals surface area contributed by atoms with E-state index in [2.05, 4.69) is 11.9 Å². The average Bonchev–Trinajstić information content (AvgIpc) is 2.78. The molecule has 1 aliphatic rings. The molecule has 1 fully saturated rings. The van der Waals surface area contributed by atoms with Crippen LogP contribution in [-0.4, -0.2) is 36.2 Å². The van der Waals surface area contributed by atoms with Gasteiger partial charge in [0.05, 0.1) is 12.6 Å². The monoisotopic (exact) mass is 494 g/mol. The SMILES string of the molecule is COc1ccc2nc(C=Cc3ccc(Cl)cc3)nc(N(C)[C@H]3CC[C@@H](N)CC3)c2c1.Cl.Cl. The van der Waals surface area contributed by atoms with Gasteiger partial charge in [0, 0.05) is 29.5 Å². The van der Waals surface area contributed by atoms with Crippen LogP contribution in [0.15, 0.2) is 42.5 Å². The Morgan fingerprint density at radius 1 is 1.00 bits per heavy atom. The Labute approximate surface area is 206 Å². The van der Waals surface area contributed by atoms with Crippen molar-refractivity contribution in [1.82, 2.24) is 9.97 Å². The van der Waals surface area contributed by atoms with Crippen molar-refractivity contribution in [3.63, 3.8) is 0 Å². The number of rotatable bonds is 5. The van der Waals surface area contributed by atoms with Gasteiger partial charge in [-0.2, -0.15) is 0 Å². The number of benzene rings is 2. The molecule has 0 saturated heterocycles. The molecule has 3 aromatic rings. The molecular formula is C24H29Cl3N4O. The summed E-state index contributed by atoms with van der Waals surface area (Å²) in [6.07, 6.45) is 8.19. The third kappa shape index (κ3) is 6.04. The molecule has 2 aromatic carbocycles. The highest BCUT2D eigenvalue weighted by atomic mass is 35.5. The van der Waals surface area contributed by atoms with Crippen molar-refractivity contribution >= 4 is 65.3 Å². The fraction of sp³-hybridized carbons (Fsp3) is 0.333. The molecule has 172 valence electrons. The third-order valence-corrected chi connectivity index (χ3v) is 6.07. The predicted octanol–water partition coefficient (Wildman–Crippen LogP) is 6.01. The first-order valence-corrected chi connectivity index (χ1v) is 10.7. The number of aromatic nitrogens is 2. The molecule has 0 radical (unpaired) electrons. The Morgan fingerprint density at radius 2 is 1.69 bits per heavy atom. The van der Waals surface area contributed by atoms with Crippen molar-refractivity contribution in [2.24, 2.45) is 5.73 Å². The van der Waals surface area contributed by atoms with Gasteiger partial charge in [-0.1, -0.05) is 29.8 Å². The molecule has 1 aliphatic carbocycles. The van der Waals surface area contributed by atoms with Gasteiger partial charge < -0.3 is 15.4 Å². The molecule has 5 nitrogen and oxygen atoms in total. The zero-order chi connectivity index (χ0) is 21.1. The summed E-state index contributed by atoms with van der Waals surface area (Å²) in [5.41, 5.74) is 8.06. The minimum Gasteiger partial charge on any atom is -0.497 e. The minimum absolute atomic E-state index is 0. The van der Waals surface area contributed by atoms with E-state index in [1.165, 1.54) is 0 Å². The van der Waals surface area contributed by atoms with E-state index in [1.54, 1.807) is 7.11 Å². The lowest BCUT2D eigenvalue weighted by atomic mass is 9.91. The summed E-state index contributed by atoms with van der Waals surface area (Å²) in [5.74, 6) is 2.41. The lowest BCUT2D eigenvalue weighted by molar-refractivity contribution is 0.384. The maximum absolute atomic E-state index is 6.11. The molecule has 0 aliphatic heterocycles. The summed E-state index contributed by atoms with van der Waals surface area (Å²) in [4.78, 5) is 12.0. The standard InChI is InChI=1S/C24H27ClN4O.2ClH/c1-29(19-10-8-18(26)9-11-19)24-21-15-20(30-2)12-13-22(21)27-23(28-24)14-5-16-3-6-17(25)7-4-16;;/h3-7,12-15,18-19H,8-11,26H2,1-2H3;2*1H/t18-,19+;;. The van der Waals surface area contributed by atoms with Gasteiger partial charge in [-0.3, -0.25) is 0 Å². The topological polar surface area (TPSA) is 64.3 Å². The summed E-state index contributed by atoms with van der Waals surface area (Å²) in [7, 11) is 3.80. The van der Waals surface area contributed by atoms with E-state index >= 15 is 0 Å². The maximum atomic E-state index is 6.11. The van der Waals surface area contributed by atoms with Crippen molar-refractivity contribution in [3.8, 4) is 5.75 Å². The smallest absolute Gasteiger partial charge is 0.154 e. The predicted molar refractivity (Wildman–Crippen MR) is 140 cm³/mol. The van der Waals surface area contributed by atoms with Gasteiger partial charge in [-0.25, -0.2) is 9.97 Å². The van der Waals surface area contributed by atoms with Crippen LogP contribution in [0.3, 0.4) is 0 Å². The van der Waals surface area contributed by atoms with E-state index in [0.717, 1.165) is 58.7 Å². The molecule has 0 atom stereocenters. The quantitative estimate of drug-likeness (QED) is 0.469. The molecule has 4 rings (SSSR count). The van der Waals surface area contributed by atoms with Crippen molar-refractivity contribution in [2.75, 3.05) is 19.1 Å². The van der Waals surface area contributed by atoms with Crippen LogP contribution in [0.2, 0.25) is 5.02 Å². The molecule has 32 heavy (non-hydrogen) atoms. The van der Waals surface area contributed by atoms with Crippen LogP contribution in [0.5, 0.6) is 5.75 Å². The van der Waals surface area contributed by atoms with Gasteiger partial charge in [0.1, 0.15) is 11.6 Å². The highest BCUT2D eigenvalue weighted by Crippen LogP contribution is 2.32. The van der Waals surface area contributed by atoms with Crippen LogP contribution in [0, 0.1) is 0 Å². The zero-order valence-corrected chi connectivity index (χ0v) is 20.6. The van der Waals surface area contributed by atoms with Crippen LogP contribution < -0.4 is 15.4 Å². The highest BCUT2D eigenvalue weighted by Gasteiger charge is 2.24. The zero-order valence-electron chi connectivity index (χ0n) is 18.2. The maximum Gasteiger partial charge on any atom is 0.154 e. The van der Waals surface area contributed by atoms with Gasteiger partial charge >= 0.3 is 0 Å². The minimum atomic E-state index is 0. The number of anilines is 1. The summed E-state index contributed by atoms with van der Waals surface area (Å²) in [5, 5.41) is 1.72. The summed E-state index contributed by atoms with van der Waals surface area (Å²) in [6.45, 7) is 0. The summed E-state index contributed by atoms with van der Waals surface area (Å²) in [6, 6.07) is 14.4. The van der Waals surface area contributed by atoms with Crippen LogP contribution in [-0.2, 0) is 0 Å². The van der Waals surface area contributed by atoms with Crippen molar-refractivity contribution in [3.05, 3.63) is 58.9 Å². The fourth-order valence-corrected chi connectivity index (χ4v) is 4.11. The van der Waals surface area contributed by atoms with Crippen LogP contribution >= 0.6 is 36.4 Å². The lowest BCUT2D eigenvalue weighted by Gasteiger charge is -2.34. The fourth-order valence-electron chi connectivity index (χ4n) is 3.99. The van der Waals surface area contributed by atoms with E-state index < -0.39 is 0 Å². The van der Waals surface area contributed by atoms with Crippen molar-refractivity contribution in [1.29, 1.82) is 0 Å². The third-order valence-electron chi connectivity index (χ3n) is 5.82. The number of nitrogens with two attached hydrogens (primary N) is 1. The number of fused-ring (bicyclic) bond motifs is 1. The first-order chi connectivity index (χ1) is 14.5. The summed E-state index contributed by atoms with van der Waals surface area (Å²) < 4.78 is 5.45. The number of halogens is 3. The number of hydrogen-bond acceptors (Lipinski definition) is 5. The Balaban J connectivity index is 0.00000181. The second kappa shape index (κ2) is 11.7. The van der Waals surface area contributed by atoms with E-state index in [1.807, 2.05) is 54.6 Å². The molecule has 1 aromatic heterocycles. The largest absolute Gasteiger partial charge is 0.497 e. The first kappa shape index (κ1) is 26.2. The molecule has 0 amide bonds. The van der Waals surface area contributed by atoms with Gasteiger partial charge in [-0.15, -0.1) is 24.8 Å². The molecule has 0 spiro atoms. The van der Waals surface area contributed by atoms with Crippen LogP contribution in [0.4, 0.5) is 5.82 Å². The molecule has 1 heterocycles. The Hall–Kier alpha value is -2.05. The van der Waals surface area contributed by atoms with E-state index in [-0.39, 0.29) is 24.8 Å². The highest BCUT2D eigenvalue weighted by molar-refractivity contribution is 6.30. The van der Waals surface area contributed by atoms with E-state index in [9.17, 15) is 0 Å². The Kier molecular flexibility index (Phi) is 9.59. The number of methoxy groups -OCH3 is 1. The first-order valence-electron chi connectivity index (χ1n) is 10.3. The second-order valence-corrected chi connectivity index (χ2v) is 8.29. The molecule has 1 saturated carbocycles. The van der Waals surface area contributed by atoms with Crippen LogP contribution in [0.25, 0.3) is 23.1 Å². The number of ether oxygens (including phenoxy) is 1. The molecular weight excluding hydrogens is 467 g/mol. The van der Waals surface area contributed by atoms with Gasteiger partial charge in [0.2, 0.25) is 0 Å². The summed E-state index contributed by atoms with van der Waals surface area (Å²) >= 11 is 5.98. The molecule has 0 unspecified atom stereocenters. The van der Waals surface area contributed by atoms with E-state index in [4.69, 9.17) is 32.0 Å². The van der Waals surface area contributed by atoms with E-state index in [0.29, 0.717) is 17.9 Å². The second-order valence-electron chi connectivity index (χ2n) is 7.85. The lowest BCUT2D eigenvalue weighted by Crippen LogP contribution is -2.39.